The minimum atomic E-state index is -4.92. The van der Waals surface area contributed by atoms with Crippen LogP contribution in [0.4, 0.5) is 19.0 Å². The van der Waals surface area contributed by atoms with E-state index in [1.165, 1.54) is 6.92 Å². The molecule has 0 aromatic carbocycles. The number of alkyl halides is 3. The van der Waals surface area contributed by atoms with Gasteiger partial charge in [-0.15, -0.1) is 0 Å². The predicted molar refractivity (Wildman–Crippen MR) is 46.5 cm³/mol. The maximum Gasteiger partial charge on any atom is 0.422 e. The molecule has 1 aromatic heterocycles. The van der Waals surface area contributed by atoms with E-state index in [1.54, 1.807) is 0 Å². The Morgan fingerprint density at radius 2 is 2.12 bits per heavy atom. The summed E-state index contributed by atoms with van der Waals surface area (Å²) in [6.45, 7) is 1.35. The zero-order valence-electron chi connectivity index (χ0n) is 8.14. The number of hydrogen-bond acceptors (Lipinski definition) is 3. The van der Waals surface area contributed by atoms with Gasteiger partial charge in [-0.25, -0.2) is 0 Å². The predicted octanol–water partition coefficient (Wildman–Crippen LogP) is 0.810. The third kappa shape index (κ3) is 1.29. The van der Waals surface area contributed by atoms with Crippen LogP contribution in [0.1, 0.15) is 17.7 Å². The van der Waals surface area contributed by atoms with Crippen molar-refractivity contribution in [3.8, 4) is 0 Å². The van der Waals surface area contributed by atoms with Gasteiger partial charge in [0.15, 0.2) is 11.4 Å². The molecule has 1 unspecified atom stereocenters. The van der Waals surface area contributed by atoms with Crippen LogP contribution < -0.4 is 5.32 Å². The molecule has 88 valence electrons. The second-order valence-electron chi connectivity index (χ2n) is 3.66. The Labute approximate surface area is 87.6 Å². The van der Waals surface area contributed by atoms with Crippen molar-refractivity contribution in [3.05, 3.63) is 11.3 Å². The molecule has 0 saturated heterocycles. The van der Waals surface area contributed by atoms with Gasteiger partial charge in [0.25, 0.3) is 0 Å². The maximum absolute atomic E-state index is 12.8. The number of aryl methyl sites for hydroxylation is 1. The highest BCUT2D eigenvalue weighted by atomic mass is 19.4. The average Bonchev–Trinajstić information content (AvgIpc) is 2.45. The lowest BCUT2D eigenvalue weighted by atomic mass is 9.86. The number of amides is 1. The Hall–Kier alpha value is -1.57. The van der Waals surface area contributed by atoms with Gasteiger partial charge in [-0.05, 0) is 6.92 Å². The Kier molecular flexibility index (Phi) is 2.03. The van der Waals surface area contributed by atoms with E-state index >= 15 is 0 Å². The first-order valence-corrected chi connectivity index (χ1v) is 4.40. The minimum absolute atomic E-state index is 0.0785. The molecule has 0 bridgehead atoms. The molecule has 0 aliphatic carbocycles. The summed E-state index contributed by atoms with van der Waals surface area (Å²) >= 11 is 0. The van der Waals surface area contributed by atoms with E-state index in [9.17, 15) is 23.1 Å². The molecule has 5 nitrogen and oxygen atoms in total. The number of anilines is 1. The van der Waals surface area contributed by atoms with Gasteiger partial charge in [0.1, 0.15) is 0 Å². The lowest BCUT2D eigenvalue weighted by Crippen LogP contribution is -2.48. The van der Waals surface area contributed by atoms with Gasteiger partial charge in [-0.2, -0.15) is 18.3 Å². The standard InChI is InChI=1S/C8H8F3N3O2/c1-3-5-6(14-13-3)12-4(15)2-7(5,16)8(9,10)11/h16H,2H2,1H3,(H2,12,13,14,15). The number of carbonyl (C=O) groups is 1. The van der Waals surface area contributed by atoms with Crippen LogP contribution in [0.2, 0.25) is 0 Å². The zero-order chi connectivity index (χ0) is 12.1. The SMILES string of the molecule is Cc1[nH]nc2c1C(O)(C(F)(F)F)CC(=O)N2. The smallest absolute Gasteiger partial charge is 0.376 e. The monoisotopic (exact) mass is 235 g/mol. The van der Waals surface area contributed by atoms with Crippen LogP contribution in [-0.2, 0) is 10.4 Å². The molecule has 0 fully saturated rings. The van der Waals surface area contributed by atoms with Gasteiger partial charge >= 0.3 is 6.18 Å². The van der Waals surface area contributed by atoms with Crippen LogP contribution in [0.15, 0.2) is 0 Å². The fourth-order valence-electron chi connectivity index (χ4n) is 1.76. The summed E-state index contributed by atoms with van der Waals surface area (Å²) in [6, 6.07) is 0. The molecular weight excluding hydrogens is 227 g/mol. The number of aromatic nitrogens is 2. The van der Waals surface area contributed by atoms with Gasteiger partial charge in [-0.1, -0.05) is 0 Å². The van der Waals surface area contributed by atoms with Gasteiger partial charge < -0.3 is 10.4 Å². The maximum atomic E-state index is 12.8. The van der Waals surface area contributed by atoms with Crippen molar-refractivity contribution in [2.24, 2.45) is 0 Å². The first kappa shape index (κ1) is 10.9. The molecule has 3 N–H and O–H groups in total. The highest BCUT2D eigenvalue weighted by Crippen LogP contribution is 2.47. The van der Waals surface area contributed by atoms with E-state index in [-0.39, 0.29) is 11.5 Å². The molecule has 0 spiro atoms. The van der Waals surface area contributed by atoms with E-state index in [0.717, 1.165) is 0 Å². The Morgan fingerprint density at radius 3 is 2.69 bits per heavy atom. The number of hydrogen-bond donors (Lipinski definition) is 3. The lowest BCUT2D eigenvalue weighted by molar-refractivity contribution is -0.267. The number of aromatic amines is 1. The Morgan fingerprint density at radius 1 is 1.50 bits per heavy atom. The molecular formula is C8H8F3N3O2. The van der Waals surface area contributed by atoms with Crippen molar-refractivity contribution in [2.45, 2.75) is 25.1 Å². The number of fused-ring (bicyclic) bond motifs is 1. The summed E-state index contributed by atoms with van der Waals surface area (Å²) in [6.07, 6.45) is -5.97. The van der Waals surface area contributed by atoms with Crippen molar-refractivity contribution >= 4 is 11.7 Å². The topological polar surface area (TPSA) is 78.0 Å². The summed E-state index contributed by atoms with van der Waals surface area (Å²) in [7, 11) is 0. The first-order chi connectivity index (χ1) is 7.25. The number of nitrogens with zero attached hydrogens (tertiary/aromatic N) is 1. The zero-order valence-corrected chi connectivity index (χ0v) is 8.14. The molecule has 1 aromatic rings. The second-order valence-corrected chi connectivity index (χ2v) is 3.66. The van der Waals surface area contributed by atoms with Crippen molar-refractivity contribution in [3.63, 3.8) is 0 Å². The van der Waals surface area contributed by atoms with Crippen LogP contribution in [-0.4, -0.2) is 27.4 Å². The van der Waals surface area contributed by atoms with Crippen LogP contribution in [0.3, 0.4) is 0 Å². The number of halogens is 3. The van der Waals surface area contributed by atoms with Gasteiger partial charge in [-0.3, -0.25) is 9.89 Å². The van der Waals surface area contributed by atoms with Crippen LogP contribution in [0, 0.1) is 6.92 Å². The van der Waals surface area contributed by atoms with E-state index in [4.69, 9.17) is 0 Å². The Balaban J connectivity index is 2.64. The third-order valence-corrected chi connectivity index (χ3v) is 2.50. The molecule has 1 amide bonds. The number of aliphatic hydroxyl groups is 1. The summed E-state index contributed by atoms with van der Waals surface area (Å²) in [5.41, 5.74) is -3.50. The fraction of sp³-hybridized carbons (Fsp3) is 0.500. The van der Waals surface area contributed by atoms with Crippen molar-refractivity contribution in [1.29, 1.82) is 0 Å². The molecule has 8 heteroatoms. The summed E-state index contributed by atoms with van der Waals surface area (Å²) in [4.78, 5) is 11.1. The number of nitrogens with one attached hydrogen (secondary N) is 2. The normalized spacial score (nSPS) is 25.2. The number of H-pyrrole nitrogens is 1. The van der Waals surface area contributed by atoms with Crippen LogP contribution in [0.5, 0.6) is 0 Å². The van der Waals surface area contributed by atoms with E-state index in [2.05, 4.69) is 15.5 Å². The van der Waals surface area contributed by atoms with Crippen molar-refractivity contribution < 1.29 is 23.1 Å². The quantitative estimate of drug-likeness (QED) is 0.622. The van der Waals surface area contributed by atoms with Crippen molar-refractivity contribution in [2.75, 3.05) is 5.32 Å². The molecule has 1 atom stereocenters. The highest BCUT2D eigenvalue weighted by Gasteiger charge is 2.60. The highest BCUT2D eigenvalue weighted by molar-refractivity contribution is 5.94. The van der Waals surface area contributed by atoms with Gasteiger partial charge in [0, 0.05) is 5.69 Å². The molecule has 0 radical (unpaired) electrons. The lowest BCUT2D eigenvalue weighted by Gasteiger charge is -2.33. The largest absolute Gasteiger partial charge is 0.422 e. The molecule has 2 heterocycles. The van der Waals surface area contributed by atoms with Gasteiger partial charge in [0.2, 0.25) is 5.91 Å². The molecule has 16 heavy (non-hydrogen) atoms. The Bertz CT molecular complexity index is 454. The van der Waals surface area contributed by atoms with E-state index < -0.39 is 29.7 Å². The first-order valence-electron chi connectivity index (χ1n) is 4.40. The summed E-state index contributed by atoms with van der Waals surface area (Å²) in [5.74, 6) is -1.19. The van der Waals surface area contributed by atoms with E-state index in [1.807, 2.05) is 0 Å². The van der Waals surface area contributed by atoms with Crippen LogP contribution in [0.25, 0.3) is 0 Å². The summed E-state index contributed by atoms with van der Waals surface area (Å²) < 4.78 is 38.3. The molecule has 1 aliphatic heterocycles. The molecule has 1 aliphatic rings. The van der Waals surface area contributed by atoms with Gasteiger partial charge in [0.05, 0.1) is 12.0 Å². The summed E-state index contributed by atoms with van der Waals surface area (Å²) in [5, 5.41) is 17.6. The average molecular weight is 235 g/mol. The van der Waals surface area contributed by atoms with Crippen LogP contribution >= 0.6 is 0 Å². The minimum Gasteiger partial charge on any atom is -0.376 e. The fourth-order valence-corrected chi connectivity index (χ4v) is 1.76. The molecule has 2 rings (SSSR count). The third-order valence-electron chi connectivity index (χ3n) is 2.50. The second kappa shape index (κ2) is 2.97. The number of carbonyl (C=O) groups excluding carboxylic acids is 1. The molecule has 0 saturated carbocycles. The van der Waals surface area contributed by atoms with E-state index in [0.29, 0.717) is 0 Å². The number of rotatable bonds is 0. The van der Waals surface area contributed by atoms with Crippen molar-refractivity contribution in [1.82, 2.24) is 10.2 Å².